The van der Waals surface area contributed by atoms with Crippen molar-refractivity contribution in [3.8, 4) is 0 Å². The zero-order valence-corrected chi connectivity index (χ0v) is 11.9. The SMILES string of the molecule is C[SH]1CCC(CC(O)(C=O)C(F)(F)F)c2ccccc21. The molecule has 6 heteroatoms. The highest BCUT2D eigenvalue weighted by atomic mass is 32.2. The molecule has 2 nitrogen and oxygen atoms in total. The van der Waals surface area contributed by atoms with Crippen LogP contribution in [0.4, 0.5) is 13.2 Å². The zero-order chi connectivity index (χ0) is 15.0. The van der Waals surface area contributed by atoms with E-state index in [1.54, 1.807) is 12.1 Å². The van der Waals surface area contributed by atoms with Gasteiger partial charge in [-0.2, -0.15) is 13.2 Å². The van der Waals surface area contributed by atoms with Crippen molar-refractivity contribution in [1.29, 1.82) is 0 Å². The van der Waals surface area contributed by atoms with E-state index in [-0.39, 0.29) is 17.2 Å². The van der Waals surface area contributed by atoms with Crippen LogP contribution < -0.4 is 0 Å². The van der Waals surface area contributed by atoms with Crippen LogP contribution in [0.15, 0.2) is 29.2 Å². The Hall–Kier alpha value is -1.01. The molecule has 112 valence electrons. The fraction of sp³-hybridized carbons (Fsp3) is 0.500. The monoisotopic (exact) mass is 306 g/mol. The average Bonchev–Trinajstić information content (AvgIpc) is 2.41. The Bertz CT molecular complexity index is 503. The van der Waals surface area contributed by atoms with Crippen LogP contribution in [0.2, 0.25) is 0 Å². The van der Waals surface area contributed by atoms with Gasteiger partial charge in [-0.05, 0) is 41.2 Å². The second-order valence-electron chi connectivity index (χ2n) is 5.21. The highest BCUT2D eigenvalue weighted by molar-refractivity contribution is 8.16. The van der Waals surface area contributed by atoms with Crippen LogP contribution in [0.3, 0.4) is 0 Å². The zero-order valence-electron chi connectivity index (χ0n) is 11.0. The van der Waals surface area contributed by atoms with Crippen molar-refractivity contribution in [3.63, 3.8) is 0 Å². The Kier molecular flexibility index (Phi) is 4.16. The minimum absolute atomic E-state index is 0.359. The lowest BCUT2D eigenvalue weighted by molar-refractivity contribution is -0.247. The molecule has 0 saturated carbocycles. The molecule has 3 atom stereocenters. The van der Waals surface area contributed by atoms with E-state index in [0.29, 0.717) is 6.42 Å². The summed E-state index contributed by atoms with van der Waals surface area (Å²) in [7, 11) is -0.359. The summed E-state index contributed by atoms with van der Waals surface area (Å²) < 4.78 is 38.5. The first-order chi connectivity index (χ1) is 9.28. The molecule has 0 amide bonds. The van der Waals surface area contributed by atoms with E-state index in [2.05, 4.69) is 6.26 Å². The molecule has 3 unspecified atom stereocenters. The Labute approximate surface area is 118 Å². The molecule has 0 radical (unpaired) electrons. The van der Waals surface area contributed by atoms with E-state index >= 15 is 0 Å². The number of hydrogen-bond donors (Lipinski definition) is 2. The van der Waals surface area contributed by atoms with Crippen molar-refractivity contribution in [2.24, 2.45) is 0 Å². The first kappa shape index (κ1) is 15.4. The number of fused-ring (bicyclic) bond motifs is 1. The summed E-state index contributed by atoms with van der Waals surface area (Å²) in [6, 6.07) is 7.39. The van der Waals surface area contributed by atoms with Crippen LogP contribution in [-0.4, -0.2) is 35.2 Å². The fourth-order valence-electron chi connectivity index (χ4n) is 2.62. The molecule has 1 aliphatic rings. The summed E-state index contributed by atoms with van der Waals surface area (Å²) in [4.78, 5) is 11.8. The molecule has 20 heavy (non-hydrogen) atoms. The molecule has 1 aromatic carbocycles. The van der Waals surface area contributed by atoms with Crippen LogP contribution in [0.1, 0.15) is 24.3 Å². The van der Waals surface area contributed by atoms with Crippen LogP contribution in [-0.2, 0) is 4.79 Å². The molecule has 0 fully saturated rings. The second-order valence-corrected chi connectivity index (χ2v) is 7.53. The summed E-state index contributed by atoms with van der Waals surface area (Å²) in [5, 5.41) is 9.61. The van der Waals surface area contributed by atoms with Gasteiger partial charge in [0.2, 0.25) is 5.60 Å². The Morgan fingerprint density at radius 3 is 2.65 bits per heavy atom. The second kappa shape index (κ2) is 5.41. The highest BCUT2D eigenvalue weighted by Crippen LogP contribution is 2.49. The predicted octanol–water partition coefficient (Wildman–Crippen LogP) is 3.05. The van der Waals surface area contributed by atoms with Crippen molar-refractivity contribution in [1.82, 2.24) is 0 Å². The number of benzene rings is 1. The van der Waals surface area contributed by atoms with E-state index in [1.807, 2.05) is 12.1 Å². The first-order valence-corrected chi connectivity index (χ1v) is 8.31. The fourth-order valence-corrected chi connectivity index (χ4v) is 4.60. The number of halogens is 3. The number of aliphatic hydroxyl groups is 1. The molecule has 1 heterocycles. The highest BCUT2D eigenvalue weighted by Gasteiger charge is 2.55. The van der Waals surface area contributed by atoms with Crippen LogP contribution in [0.5, 0.6) is 0 Å². The van der Waals surface area contributed by atoms with Crippen molar-refractivity contribution in [2.45, 2.75) is 35.4 Å². The van der Waals surface area contributed by atoms with Gasteiger partial charge < -0.3 is 5.11 Å². The number of hydrogen-bond acceptors (Lipinski definition) is 2. The molecular weight excluding hydrogens is 289 g/mol. The third-order valence-electron chi connectivity index (χ3n) is 3.84. The van der Waals surface area contributed by atoms with Crippen LogP contribution in [0.25, 0.3) is 0 Å². The van der Waals surface area contributed by atoms with Gasteiger partial charge in [0.1, 0.15) is 0 Å². The molecule has 0 spiro atoms. The summed E-state index contributed by atoms with van der Waals surface area (Å²) in [6.07, 6.45) is -3.23. The Balaban J connectivity index is 2.32. The van der Waals surface area contributed by atoms with E-state index in [9.17, 15) is 23.1 Å². The van der Waals surface area contributed by atoms with Crippen LogP contribution in [0, 0.1) is 0 Å². The molecule has 0 aliphatic carbocycles. The minimum Gasteiger partial charge on any atom is -0.374 e. The number of carbonyl (C=O) groups is 1. The van der Waals surface area contributed by atoms with Gasteiger partial charge in [0.15, 0.2) is 6.29 Å². The average molecular weight is 306 g/mol. The number of aldehydes is 1. The normalized spacial score (nSPS) is 27.4. The Morgan fingerprint density at radius 1 is 1.40 bits per heavy atom. The quantitative estimate of drug-likeness (QED) is 0.665. The van der Waals surface area contributed by atoms with Gasteiger partial charge >= 0.3 is 6.18 Å². The first-order valence-electron chi connectivity index (χ1n) is 6.34. The number of alkyl halides is 3. The van der Waals surface area contributed by atoms with E-state index in [0.717, 1.165) is 16.2 Å². The summed E-state index contributed by atoms with van der Waals surface area (Å²) in [5.41, 5.74) is -2.41. The largest absolute Gasteiger partial charge is 0.424 e. The maximum atomic E-state index is 12.8. The summed E-state index contributed by atoms with van der Waals surface area (Å²) in [6.45, 7) is 0. The lowest BCUT2D eigenvalue weighted by Crippen LogP contribution is -2.48. The molecule has 1 aliphatic heterocycles. The molecule has 2 rings (SSSR count). The topological polar surface area (TPSA) is 37.3 Å². The van der Waals surface area contributed by atoms with Crippen molar-refractivity contribution >= 4 is 17.2 Å². The minimum atomic E-state index is -4.93. The van der Waals surface area contributed by atoms with Gasteiger partial charge in [0.05, 0.1) is 0 Å². The van der Waals surface area contributed by atoms with Gasteiger partial charge in [0, 0.05) is 0 Å². The molecule has 1 N–H and O–H groups in total. The lowest BCUT2D eigenvalue weighted by atomic mass is 9.84. The standard InChI is InChI=1S/C14H17F3O2S/c1-20-7-6-10(11-4-2-3-5-12(11)20)8-13(19,9-18)14(15,16)17/h2-5,9-10,19-20H,6-8H2,1H3. The van der Waals surface area contributed by atoms with Crippen molar-refractivity contribution < 1.29 is 23.1 Å². The smallest absolute Gasteiger partial charge is 0.374 e. The third kappa shape index (κ3) is 2.72. The van der Waals surface area contributed by atoms with Gasteiger partial charge in [0.25, 0.3) is 0 Å². The summed E-state index contributed by atoms with van der Waals surface area (Å²) >= 11 is 0. The summed E-state index contributed by atoms with van der Waals surface area (Å²) in [5.74, 6) is 0.394. The van der Waals surface area contributed by atoms with E-state index in [1.165, 1.54) is 0 Å². The predicted molar refractivity (Wildman–Crippen MR) is 73.5 cm³/mol. The molecule has 0 bridgehead atoms. The third-order valence-corrected chi connectivity index (χ3v) is 6.00. The number of carbonyl (C=O) groups excluding carboxylic acids is 1. The number of thiol groups is 1. The van der Waals surface area contributed by atoms with Gasteiger partial charge in [-0.25, -0.2) is 10.9 Å². The van der Waals surface area contributed by atoms with Crippen molar-refractivity contribution in [2.75, 3.05) is 12.0 Å². The van der Waals surface area contributed by atoms with E-state index in [4.69, 9.17) is 0 Å². The Morgan fingerprint density at radius 2 is 2.05 bits per heavy atom. The molecule has 1 aromatic rings. The van der Waals surface area contributed by atoms with Gasteiger partial charge in [-0.3, -0.25) is 4.79 Å². The molecular formula is C14H17F3O2S. The maximum absolute atomic E-state index is 12.8. The lowest BCUT2D eigenvalue weighted by Gasteiger charge is -2.35. The maximum Gasteiger partial charge on any atom is 0.424 e. The van der Waals surface area contributed by atoms with Crippen molar-refractivity contribution in [3.05, 3.63) is 29.8 Å². The van der Waals surface area contributed by atoms with Gasteiger partial charge in [-0.1, -0.05) is 24.3 Å². The van der Waals surface area contributed by atoms with Crippen LogP contribution >= 0.6 is 10.9 Å². The number of rotatable bonds is 3. The molecule has 0 saturated heterocycles. The van der Waals surface area contributed by atoms with Gasteiger partial charge in [-0.15, -0.1) is 0 Å². The molecule has 0 aromatic heterocycles. The van der Waals surface area contributed by atoms with E-state index < -0.39 is 24.1 Å².